The second kappa shape index (κ2) is 11.5. The predicted octanol–water partition coefficient (Wildman–Crippen LogP) is 5.32. The third kappa shape index (κ3) is 7.22. The third-order valence-electron chi connectivity index (χ3n) is 5.39. The lowest BCUT2D eigenvalue weighted by Gasteiger charge is -2.28. The second-order valence-electron chi connectivity index (χ2n) is 8.49. The Morgan fingerprint density at radius 3 is 2.39 bits per heavy atom. The summed E-state index contributed by atoms with van der Waals surface area (Å²) in [5, 5.41) is 16.4. The number of halogens is 1. The highest BCUT2D eigenvalue weighted by molar-refractivity contribution is 5.85. The molecule has 3 aromatic rings. The minimum absolute atomic E-state index is 0. The Kier molecular flexibility index (Phi) is 9.32. The summed E-state index contributed by atoms with van der Waals surface area (Å²) in [6, 6.07) is 22.8. The van der Waals surface area contributed by atoms with Gasteiger partial charge < -0.3 is 19.9 Å². The van der Waals surface area contributed by atoms with Gasteiger partial charge in [0.05, 0.1) is 25.9 Å². The van der Waals surface area contributed by atoms with E-state index >= 15 is 0 Å². The van der Waals surface area contributed by atoms with Crippen molar-refractivity contribution in [3.8, 4) is 5.75 Å². The van der Waals surface area contributed by atoms with Crippen LogP contribution in [0, 0.1) is 0 Å². The van der Waals surface area contributed by atoms with Gasteiger partial charge in [0.25, 0.3) is 0 Å². The van der Waals surface area contributed by atoms with Gasteiger partial charge in [0.2, 0.25) is 0 Å². The lowest BCUT2D eigenvalue weighted by atomic mass is 9.93. The van der Waals surface area contributed by atoms with Crippen molar-refractivity contribution < 1.29 is 14.6 Å². The molecule has 0 saturated heterocycles. The zero-order valence-corrected chi connectivity index (χ0v) is 19.6. The van der Waals surface area contributed by atoms with Gasteiger partial charge >= 0.3 is 0 Å². The minimum atomic E-state index is -0.585. The number of para-hydroxylation sites is 1. The monoisotopic (exact) mass is 443 g/mol. The number of rotatable bonds is 10. The first-order valence-corrected chi connectivity index (χ1v) is 10.5. The fourth-order valence-electron chi connectivity index (χ4n) is 3.72. The van der Waals surface area contributed by atoms with Gasteiger partial charge in [-0.05, 0) is 49.6 Å². The van der Waals surface area contributed by atoms with Crippen LogP contribution in [0.2, 0.25) is 0 Å². The van der Waals surface area contributed by atoms with Crippen LogP contribution >= 0.6 is 12.4 Å². The normalized spacial score (nSPS) is 13.5. The maximum Gasteiger partial charge on any atom is 0.124 e. The molecule has 0 bridgehead atoms. The van der Waals surface area contributed by atoms with Crippen LogP contribution in [0.1, 0.15) is 38.0 Å². The van der Waals surface area contributed by atoms with Crippen LogP contribution < -0.4 is 10.1 Å². The van der Waals surface area contributed by atoms with E-state index in [-0.39, 0.29) is 30.7 Å². The average molecular weight is 444 g/mol. The summed E-state index contributed by atoms with van der Waals surface area (Å²) >= 11 is 0. The third-order valence-corrected chi connectivity index (χ3v) is 5.39. The Morgan fingerprint density at radius 2 is 1.65 bits per heavy atom. The molecule has 0 fully saturated rings. The number of benzene rings is 3. The summed E-state index contributed by atoms with van der Waals surface area (Å²) < 4.78 is 11.3. The van der Waals surface area contributed by atoms with Crippen LogP contribution in [0.3, 0.4) is 0 Å². The number of fused-ring (bicyclic) bond motifs is 1. The van der Waals surface area contributed by atoms with E-state index in [1.807, 2.05) is 31.2 Å². The topological polar surface area (TPSA) is 50.7 Å². The van der Waals surface area contributed by atoms with E-state index in [0.717, 1.165) is 17.7 Å². The number of β-amino-alcohol motifs (C(OH)–C–C–N with tert-alkyl or cyclic N) is 1. The summed E-state index contributed by atoms with van der Waals surface area (Å²) in [6.45, 7) is 7.03. The Hall–Kier alpha value is -2.11. The molecular formula is C26H34ClNO3. The van der Waals surface area contributed by atoms with Crippen molar-refractivity contribution in [1.29, 1.82) is 0 Å². The van der Waals surface area contributed by atoms with Gasteiger partial charge in [-0.2, -0.15) is 0 Å². The molecule has 0 spiro atoms. The van der Waals surface area contributed by atoms with Gasteiger partial charge in [-0.25, -0.2) is 0 Å². The largest absolute Gasteiger partial charge is 0.496 e. The van der Waals surface area contributed by atoms with Gasteiger partial charge in [-0.1, -0.05) is 60.7 Å². The fraction of sp³-hybridized carbons (Fsp3) is 0.385. The number of aliphatic hydroxyl groups excluding tert-OH is 1. The molecule has 3 aromatic carbocycles. The van der Waals surface area contributed by atoms with Crippen LogP contribution in [0.4, 0.5) is 0 Å². The SMILES string of the molecule is COc1ccccc1[C@@H](C)OC[C@@H](O)CNC(C)(C)Cc1ccc2ccccc2c1.Cl. The lowest BCUT2D eigenvalue weighted by Crippen LogP contribution is -2.46. The van der Waals surface area contributed by atoms with E-state index in [1.54, 1.807) is 7.11 Å². The van der Waals surface area contributed by atoms with Crippen molar-refractivity contribution in [2.45, 2.75) is 44.9 Å². The van der Waals surface area contributed by atoms with E-state index in [0.29, 0.717) is 6.54 Å². The van der Waals surface area contributed by atoms with Crippen LogP contribution in [0.5, 0.6) is 5.75 Å². The second-order valence-corrected chi connectivity index (χ2v) is 8.49. The molecule has 31 heavy (non-hydrogen) atoms. The summed E-state index contributed by atoms with van der Waals surface area (Å²) in [6.07, 6.45) is 0.141. The number of nitrogens with one attached hydrogen (secondary N) is 1. The summed E-state index contributed by atoms with van der Waals surface area (Å²) in [7, 11) is 1.65. The van der Waals surface area contributed by atoms with Crippen molar-refractivity contribution in [2.24, 2.45) is 0 Å². The molecule has 0 aliphatic heterocycles. The van der Waals surface area contributed by atoms with Crippen LogP contribution in [0.25, 0.3) is 10.8 Å². The molecule has 0 saturated carbocycles. The smallest absolute Gasteiger partial charge is 0.124 e. The lowest BCUT2D eigenvalue weighted by molar-refractivity contribution is -0.00494. The van der Waals surface area contributed by atoms with E-state index in [2.05, 4.69) is 61.6 Å². The highest BCUT2D eigenvalue weighted by atomic mass is 35.5. The number of methoxy groups -OCH3 is 1. The molecule has 5 heteroatoms. The van der Waals surface area contributed by atoms with Gasteiger partial charge in [0.15, 0.2) is 0 Å². The zero-order valence-electron chi connectivity index (χ0n) is 18.8. The van der Waals surface area contributed by atoms with Crippen molar-refractivity contribution in [1.82, 2.24) is 5.32 Å². The standard InChI is InChI=1S/C26H33NO3.ClH/c1-19(24-11-7-8-12-25(24)29-4)30-18-23(28)17-27-26(2,3)16-20-13-14-21-9-5-6-10-22(21)15-20;/h5-15,19,23,27-28H,16-18H2,1-4H3;1H/t19-,23+;/m1./s1. The highest BCUT2D eigenvalue weighted by Gasteiger charge is 2.20. The highest BCUT2D eigenvalue weighted by Crippen LogP contribution is 2.27. The molecule has 0 heterocycles. The molecule has 0 aliphatic carbocycles. The minimum Gasteiger partial charge on any atom is -0.496 e. The molecule has 2 N–H and O–H groups in total. The van der Waals surface area contributed by atoms with Gasteiger partial charge in [0, 0.05) is 17.6 Å². The molecule has 0 aliphatic rings. The van der Waals surface area contributed by atoms with Crippen molar-refractivity contribution in [2.75, 3.05) is 20.3 Å². The number of aliphatic hydroxyl groups is 1. The molecule has 0 unspecified atom stereocenters. The Bertz CT molecular complexity index is 960. The zero-order chi connectivity index (χ0) is 21.6. The number of hydrogen-bond acceptors (Lipinski definition) is 4. The Morgan fingerprint density at radius 1 is 0.968 bits per heavy atom. The first-order valence-electron chi connectivity index (χ1n) is 10.5. The first-order chi connectivity index (χ1) is 14.4. The molecule has 0 radical (unpaired) electrons. The summed E-state index contributed by atoms with van der Waals surface area (Å²) in [5.74, 6) is 0.800. The van der Waals surface area contributed by atoms with Gasteiger partial charge in [-0.3, -0.25) is 0 Å². The molecule has 3 rings (SSSR count). The molecule has 4 nitrogen and oxygen atoms in total. The van der Waals surface area contributed by atoms with Crippen LogP contribution in [-0.4, -0.2) is 37.0 Å². The average Bonchev–Trinajstić information content (AvgIpc) is 2.75. The molecular weight excluding hydrogens is 410 g/mol. The number of hydrogen-bond donors (Lipinski definition) is 2. The Labute approximate surface area is 192 Å². The number of ether oxygens (including phenoxy) is 2. The quantitative estimate of drug-likeness (QED) is 0.445. The fourth-order valence-corrected chi connectivity index (χ4v) is 3.72. The summed E-state index contributed by atoms with van der Waals surface area (Å²) in [5.41, 5.74) is 2.12. The molecule has 0 amide bonds. The Balaban J connectivity index is 0.00000341. The van der Waals surface area contributed by atoms with Gasteiger partial charge in [0.1, 0.15) is 5.75 Å². The van der Waals surface area contributed by atoms with Crippen LogP contribution in [-0.2, 0) is 11.2 Å². The maximum atomic E-state index is 10.4. The van der Waals surface area contributed by atoms with Crippen molar-refractivity contribution in [3.63, 3.8) is 0 Å². The van der Waals surface area contributed by atoms with E-state index < -0.39 is 6.10 Å². The van der Waals surface area contributed by atoms with E-state index in [1.165, 1.54) is 16.3 Å². The molecule has 2 atom stereocenters. The molecule has 0 aromatic heterocycles. The van der Waals surface area contributed by atoms with E-state index in [4.69, 9.17) is 9.47 Å². The van der Waals surface area contributed by atoms with Crippen molar-refractivity contribution in [3.05, 3.63) is 77.9 Å². The molecule has 168 valence electrons. The first kappa shape index (κ1) is 25.2. The van der Waals surface area contributed by atoms with Gasteiger partial charge in [-0.15, -0.1) is 12.4 Å². The van der Waals surface area contributed by atoms with Crippen molar-refractivity contribution >= 4 is 23.2 Å². The maximum absolute atomic E-state index is 10.4. The van der Waals surface area contributed by atoms with Crippen LogP contribution in [0.15, 0.2) is 66.7 Å². The predicted molar refractivity (Wildman–Crippen MR) is 130 cm³/mol. The van der Waals surface area contributed by atoms with E-state index in [9.17, 15) is 5.11 Å². The summed E-state index contributed by atoms with van der Waals surface area (Å²) in [4.78, 5) is 0.